The summed E-state index contributed by atoms with van der Waals surface area (Å²) in [6, 6.07) is 8.10. The van der Waals surface area contributed by atoms with Gasteiger partial charge in [0.15, 0.2) is 11.5 Å². The molecule has 5 atom stereocenters. The minimum Gasteiger partial charge on any atom is -0.493 e. The zero-order valence-electron chi connectivity index (χ0n) is 17.3. The lowest BCUT2D eigenvalue weighted by molar-refractivity contribution is -0.0534. The van der Waals surface area contributed by atoms with Crippen LogP contribution in [0.1, 0.15) is 52.4 Å². The van der Waals surface area contributed by atoms with Gasteiger partial charge >= 0.3 is 5.97 Å². The molecule has 3 heterocycles. The van der Waals surface area contributed by atoms with Crippen LogP contribution in [-0.4, -0.2) is 53.8 Å². The minimum absolute atomic E-state index is 0.0411. The largest absolute Gasteiger partial charge is 0.493 e. The molecular formula is C24H26N2O4. The van der Waals surface area contributed by atoms with Crippen LogP contribution in [0.25, 0.3) is 0 Å². The Bertz CT molecular complexity index is 1050. The van der Waals surface area contributed by atoms with Crippen LogP contribution >= 0.6 is 0 Å². The van der Waals surface area contributed by atoms with Crippen LogP contribution in [0.15, 0.2) is 30.5 Å². The fourth-order valence-electron chi connectivity index (χ4n) is 7.06. The van der Waals surface area contributed by atoms with E-state index in [2.05, 4.69) is 23.0 Å². The quantitative estimate of drug-likeness (QED) is 0.844. The molecular weight excluding hydrogens is 380 g/mol. The Morgan fingerprint density at radius 1 is 1.33 bits per heavy atom. The molecule has 1 spiro atoms. The van der Waals surface area contributed by atoms with Gasteiger partial charge in [-0.15, -0.1) is 0 Å². The second-order valence-corrected chi connectivity index (χ2v) is 9.24. The van der Waals surface area contributed by atoms with Gasteiger partial charge in [0.2, 0.25) is 0 Å². The molecule has 6 rings (SSSR count). The average molecular weight is 406 g/mol. The van der Waals surface area contributed by atoms with Gasteiger partial charge in [0.25, 0.3) is 0 Å². The molecule has 156 valence electrons. The fourth-order valence-corrected chi connectivity index (χ4v) is 7.06. The number of carbonyl (C=O) groups is 1. The molecule has 6 nitrogen and oxygen atoms in total. The fraction of sp³-hybridized carbons (Fsp3) is 0.500. The molecule has 1 aromatic carbocycles. The van der Waals surface area contributed by atoms with Gasteiger partial charge < -0.3 is 19.5 Å². The molecule has 30 heavy (non-hydrogen) atoms. The van der Waals surface area contributed by atoms with Crippen LogP contribution in [-0.2, 0) is 11.8 Å². The normalized spacial score (nSPS) is 33.5. The number of aromatic carboxylic acids is 1. The molecule has 1 saturated carbocycles. The van der Waals surface area contributed by atoms with E-state index in [1.165, 1.54) is 11.1 Å². The van der Waals surface area contributed by atoms with Gasteiger partial charge in [-0.2, -0.15) is 0 Å². The summed E-state index contributed by atoms with van der Waals surface area (Å²) < 4.78 is 12.5. The number of nitrogens with zero attached hydrogens (tertiary/aromatic N) is 2. The van der Waals surface area contributed by atoms with Crippen molar-refractivity contribution in [1.82, 2.24) is 9.88 Å². The molecule has 2 bridgehead atoms. The monoisotopic (exact) mass is 406 g/mol. The van der Waals surface area contributed by atoms with E-state index in [1.54, 1.807) is 25.4 Å². The van der Waals surface area contributed by atoms with Gasteiger partial charge in [-0.1, -0.05) is 6.07 Å². The maximum absolute atomic E-state index is 12.0. The topological polar surface area (TPSA) is 71.9 Å². The molecule has 2 aliphatic heterocycles. The SMILES string of the molecule is COc1ccc2c3c1O[C@H]1[C@@H](c4ncccc4C(=O)O)CC[C@H]4[C@@H](C2)N(C)CC[C@@]341. The Labute approximate surface area is 175 Å². The third kappa shape index (κ3) is 2.12. The highest BCUT2D eigenvalue weighted by Crippen LogP contribution is 2.66. The van der Waals surface area contributed by atoms with Crippen LogP contribution in [0.3, 0.4) is 0 Å². The highest BCUT2D eigenvalue weighted by molar-refractivity contribution is 5.89. The summed E-state index contributed by atoms with van der Waals surface area (Å²) in [5, 5.41) is 9.80. The lowest BCUT2D eigenvalue weighted by Gasteiger charge is -2.59. The van der Waals surface area contributed by atoms with Crippen molar-refractivity contribution in [3.05, 3.63) is 52.8 Å². The number of rotatable bonds is 3. The number of ether oxygens (including phenoxy) is 2. The van der Waals surface area contributed by atoms with Crippen molar-refractivity contribution in [3.63, 3.8) is 0 Å². The summed E-state index contributed by atoms with van der Waals surface area (Å²) in [5.41, 5.74) is 3.56. The molecule has 2 fully saturated rings. The summed E-state index contributed by atoms with van der Waals surface area (Å²) in [6.07, 6.45) is 5.62. The van der Waals surface area contributed by atoms with Gasteiger partial charge in [-0.05, 0) is 69.0 Å². The lowest BCUT2D eigenvalue weighted by atomic mass is 9.49. The Morgan fingerprint density at radius 3 is 3.00 bits per heavy atom. The number of piperidine rings is 1. The number of likely N-dealkylation sites (N-methyl/N-ethyl adjacent to an activating group) is 1. The zero-order chi connectivity index (χ0) is 20.6. The molecule has 2 aromatic rings. The van der Waals surface area contributed by atoms with Crippen molar-refractivity contribution in [2.45, 2.75) is 49.2 Å². The number of carboxylic acids is 1. The van der Waals surface area contributed by atoms with E-state index in [0.29, 0.717) is 23.2 Å². The standard InChI is InChI=1S/C24H26N2O4/c1-26-11-9-24-16-7-6-14(20-15(23(27)28)4-3-10-25-20)22(24)30-21-18(29-2)8-5-13(19(21)24)12-17(16)26/h3-5,8,10,14,16-17,22H,6-7,9,11-12H2,1-2H3,(H,27,28)/t14-,16+,17-,22+,24+/m1/s1. The van der Waals surface area contributed by atoms with E-state index < -0.39 is 5.97 Å². The highest BCUT2D eigenvalue weighted by Gasteiger charge is 2.65. The first-order valence-electron chi connectivity index (χ1n) is 10.8. The number of carboxylic acid groups (broad SMARTS) is 1. The van der Waals surface area contributed by atoms with E-state index in [9.17, 15) is 9.90 Å². The van der Waals surface area contributed by atoms with Crippen molar-refractivity contribution < 1.29 is 19.4 Å². The smallest absolute Gasteiger partial charge is 0.337 e. The molecule has 1 aromatic heterocycles. The number of hydrogen-bond acceptors (Lipinski definition) is 5. The number of pyridine rings is 1. The third-order valence-corrected chi connectivity index (χ3v) is 8.22. The van der Waals surface area contributed by atoms with Gasteiger partial charge in [-0.25, -0.2) is 4.79 Å². The Balaban J connectivity index is 1.57. The maximum atomic E-state index is 12.0. The second kappa shape index (κ2) is 6.20. The van der Waals surface area contributed by atoms with Crippen LogP contribution in [0.5, 0.6) is 11.5 Å². The van der Waals surface area contributed by atoms with E-state index in [4.69, 9.17) is 9.47 Å². The van der Waals surface area contributed by atoms with Crippen LogP contribution in [0.2, 0.25) is 0 Å². The zero-order valence-corrected chi connectivity index (χ0v) is 17.3. The third-order valence-electron chi connectivity index (χ3n) is 8.22. The maximum Gasteiger partial charge on any atom is 0.337 e. The lowest BCUT2D eigenvalue weighted by Crippen LogP contribution is -2.64. The number of benzene rings is 1. The molecule has 6 heteroatoms. The number of methoxy groups -OCH3 is 1. The summed E-state index contributed by atoms with van der Waals surface area (Å²) in [6.45, 7) is 1.03. The van der Waals surface area contributed by atoms with Gasteiger partial charge in [0.05, 0.1) is 18.4 Å². The van der Waals surface area contributed by atoms with Gasteiger partial charge in [0, 0.05) is 29.1 Å². The number of aromatic nitrogens is 1. The molecule has 4 aliphatic rings. The molecule has 2 aliphatic carbocycles. The molecule has 1 N–H and O–H groups in total. The van der Waals surface area contributed by atoms with Gasteiger partial charge in [0.1, 0.15) is 6.10 Å². The summed E-state index contributed by atoms with van der Waals surface area (Å²) >= 11 is 0. The summed E-state index contributed by atoms with van der Waals surface area (Å²) in [5.74, 6) is 1.21. The molecule has 1 saturated heterocycles. The molecule has 0 amide bonds. The van der Waals surface area contributed by atoms with Crippen molar-refractivity contribution in [2.75, 3.05) is 20.7 Å². The Kier molecular flexibility index (Phi) is 3.76. The van der Waals surface area contributed by atoms with E-state index >= 15 is 0 Å². The van der Waals surface area contributed by atoms with Crippen LogP contribution in [0, 0.1) is 5.92 Å². The van der Waals surface area contributed by atoms with Crippen molar-refractivity contribution in [3.8, 4) is 11.5 Å². The van der Waals surface area contributed by atoms with E-state index in [1.807, 2.05) is 6.07 Å². The molecule has 0 unspecified atom stereocenters. The minimum atomic E-state index is -0.920. The van der Waals surface area contributed by atoms with E-state index in [-0.39, 0.29) is 17.4 Å². The second-order valence-electron chi connectivity index (χ2n) is 9.24. The first-order valence-corrected chi connectivity index (χ1v) is 10.8. The van der Waals surface area contributed by atoms with Crippen LogP contribution < -0.4 is 9.47 Å². The average Bonchev–Trinajstić information content (AvgIpc) is 3.11. The highest BCUT2D eigenvalue weighted by atomic mass is 16.5. The summed E-state index contributed by atoms with van der Waals surface area (Å²) in [7, 11) is 3.93. The van der Waals surface area contributed by atoms with Crippen molar-refractivity contribution >= 4 is 5.97 Å². The predicted octanol–water partition coefficient (Wildman–Crippen LogP) is 3.24. The number of likely N-dealkylation sites (tertiary alicyclic amines) is 1. The van der Waals surface area contributed by atoms with E-state index in [0.717, 1.165) is 43.7 Å². The molecule has 0 radical (unpaired) electrons. The predicted molar refractivity (Wildman–Crippen MR) is 110 cm³/mol. The first-order chi connectivity index (χ1) is 14.6. The van der Waals surface area contributed by atoms with Gasteiger partial charge in [-0.3, -0.25) is 4.98 Å². The number of hydrogen-bond donors (Lipinski definition) is 1. The first kappa shape index (κ1) is 18.2. The van der Waals surface area contributed by atoms with Crippen molar-refractivity contribution in [2.24, 2.45) is 5.92 Å². The summed E-state index contributed by atoms with van der Waals surface area (Å²) in [4.78, 5) is 19.0. The van der Waals surface area contributed by atoms with Crippen molar-refractivity contribution in [1.29, 1.82) is 0 Å². The Hall–Kier alpha value is -2.60. The van der Waals surface area contributed by atoms with Crippen LogP contribution in [0.4, 0.5) is 0 Å². The Morgan fingerprint density at radius 2 is 2.20 bits per heavy atom.